The van der Waals surface area contributed by atoms with E-state index < -0.39 is 0 Å². The maximum atomic E-state index is 12.0. The summed E-state index contributed by atoms with van der Waals surface area (Å²) in [5.74, 6) is 0.290. The monoisotopic (exact) mass is 263 g/mol. The van der Waals surface area contributed by atoms with Gasteiger partial charge in [-0.25, -0.2) is 9.97 Å². The van der Waals surface area contributed by atoms with Crippen LogP contribution >= 0.6 is 11.6 Å². The number of halogens is 1. The second-order valence-electron chi connectivity index (χ2n) is 3.37. The summed E-state index contributed by atoms with van der Waals surface area (Å²) < 4.78 is 5.10. The number of nitrogens with zero attached hydrogens (tertiary/aromatic N) is 2. The third kappa shape index (κ3) is 2.75. The van der Waals surface area contributed by atoms with Crippen LogP contribution in [0.2, 0.25) is 5.02 Å². The molecule has 0 spiro atoms. The summed E-state index contributed by atoms with van der Waals surface area (Å²) in [4.78, 5) is 19.8. The van der Waals surface area contributed by atoms with E-state index in [1.54, 1.807) is 18.2 Å². The molecule has 0 aliphatic carbocycles. The Kier molecular flexibility index (Phi) is 3.74. The van der Waals surface area contributed by atoms with Crippen molar-refractivity contribution in [2.45, 2.75) is 0 Å². The molecule has 2 rings (SSSR count). The summed E-state index contributed by atoms with van der Waals surface area (Å²) >= 11 is 5.85. The molecular weight excluding hydrogens is 254 g/mol. The number of benzene rings is 1. The van der Waals surface area contributed by atoms with Crippen molar-refractivity contribution in [3.63, 3.8) is 0 Å². The van der Waals surface area contributed by atoms with Gasteiger partial charge in [-0.05, 0) is 24.3 Å². The zero-order chi connectivity index (χ0) is 13.0. The van der Waals surface area contributed by atoms with Crippen LogP contribution in [0.5, 0.6) is 5.75 Å². The van der Waals surface area contributed by atoms with Gasteiger partial charge in [-0.2, -0.15) is 0 Å². The molecule has 6 heteroatoms. The fraction of sp³-hybridized carbons (Fsp3) is 0.0833. The predicted molar refractivity (Wildman–Crippen MR) is 68.0 cm³/mol. The molecule has 0 saturated carbocycles. The number of ether oxygens (including phenoxy) is 1. The van der Waals surface area contributed by atoms with Crippen LogP contribution in [-0.2, 0) is 0 Å². The van der Waals surface area contributed by atoms with Crippen LogP contribution in [0.4, 0.5) is 5.95 Å². The van der Waals surface area contributed by atoms with Crippen molar-refractivity contribution < 1.29 is 9.53 Å². The topological polar surface area (TPSA) is 64.1 Å². The van der Waals surface area contributed by atoms with Crippen molar-refractivity contribution in [3.8, 4) is 5.75 Å². The Morgan fingerprint density at radius 2 is 2.06 bits per heavy atom. The summed E-state index contributed by atoms with van der Waals surface area (Å²) in [7, 11) is 1.49. The van der Waals surface area contributed by atoms with Crippen LogP contribution in [0, 0.1) is 0 Å². The third-order valence-corrected chi connectivity index (χ3v) is 2.43. The molecule has 1 aromatic heterocycles. The summed E-state index contributed by atoms with van der Waals surface area (Å²) in [5.41, 5.74) is 0.331. The Bertz CT molecular complexity index is 561. The fourth-order valence-corrected chi connectivity index (χ4v) is 1.56. The molecular formula is C12H10ClN3O2. The van der Waals surface area contributed by atoms with Gasteiger partial charge in [0.15, 0.2) is 0 Å². The molecule has 0 aliphatic rings. The standard InChI is InChI=1S/C12H10ClN3O2/c1-18-10-4-3-8(13)7-9(10)11(17)16-12-14-5-2-6-15-12/h2-7H,1H3,(H,14,15,16,17). The molecule has 0 radical (unpaired) electrons. The van der Waals surface area contributed by atoms with Crippen LogP contribution in [0.1, 0.15) is 10.4 Å². The first-order valence-electron chi connectivity index (χ1n) is 5.12. The number of aromatic nitrogens is 2. The van der Waals surface area contributed by atoms with Crippen molar-refractivity contribution >= 4 is 23.5 Å². The van der Waals surface area contributed by atoms with Gasteiger partial charge in [0.2, 0.25) is 5.95 Å². The van der Waals surface area contributed by atoms with Gasteiger partial charge in [-0.1, -0.05) is 11.6 Å². The first-order chi connectivity index (χ1) is 8.70. The number of carbonyl (C=O) groups is 1. The number of amides is 1. The Morgan fingerprint density at radius 3 is 2.72 bits per heavy atom. The summed E-state index contributed by atoms with van der Waals surface area (Å²) in [6.45, 7) is 0. The first kappa shape index (κ1) is 12.3. The molecule has 0 saturated heterocycles. The molecule has 1 heterocycles. The Hall–Kier alpha value is -2.14. The second-order valence-corrected chi connectivity index (χ2v) is 3.81. The number of hydrogen-bond donors (Lipinski definition) is 1. The third-order valence-electron chi connectivity index (χ3n) is 2.20. The normalized spacial score (nSPS) is 9.89. The Morgan fingerprint density at radius 1 is 1.33 bits per heavy atom. The van der Waals surface area contributed by atoms with Gasteiger partial charge in [-0.3, -0.25) is 10.1 Å². The van der Waals surface area contributed by atoms with Gasteiger partial charge in [0.05, 0.1) is 12.7 Å². The number of rotatable bonds is 3. The molecule has 0 atom stereocenters. The van der Waals surface area contributed by atoms with Gasteiger partial charge >= 0.3 is 0 Å². The number of anilines is 1. The number of hydrogen-bond acceptors (Lipinski definition) is 4. The van der Waals surface area contributed by atoms with Gasteiger partial charge in [-0.15, -0.1) is 0 Å². The Labute approximate surface area is 109 Å². The summed E-state index contributed by atoms with van der Waals surface area (Å²) in [5, 5.41) is 3.01. The summed E-state index contributed by atoms with van der Waals surface area (Å²) in [6, 6.07) is 6.47. The molecule has 2 aromatic rings. The molecule has 0 aliphatic heterocycles. The van der Waals surface area contributed by atoms with E-state index in [0.717, 1.165) is 0 Å². The van der Waals surface area contributed by atoms with Gasteiger partial charge in [0, 0.05) is 17.4 Å². The van der Waals surface area contributed by atoms with Crippen LogP contribution in [0.15, 0.2) is 36.7 Å². The number of carbonyl (C=O) groups excluding carboxylic acids is 1. The highest BCUT2D eigenvalue weighted by atomic mass is 35.5. The van der Waals surface area contributed by atoms with E-state index >= 15 is 0 Å². The zero-order valence-electron chi connectivity index (χ0n) is 9.55. The lowest BCUT2D eigenvalue weighted by Crippen LogP contribution is -2.15. The van der Waals surface area contributed by atoms with Crippen LogP contribution in [0.25, 0.3) is 0 Å². The van der Waals surface area contributed by atoms with Crippen LogP contribution in [-0.4, -0.2) is 23.0 Å². The van der Waals surface area contributed by atoms with Crippen LogP contribution in [0.3, 0.4) is 0 Å². The minimum absolute atomic E-state index is 0.226. The average molecular weight is 264 g/mol. The van der Waals surface area contributed by atoms with Crippen molar-refractivity contribution in [3.05, 3.63) is 47.2 Å². The van der Waals surface area contributed by atoms with Crippen molar-refractivity contribution in [2.24, 2.45) is 0 Å². The van der Waals surface area contributed by atoms with Crippen molar-refractivity contribution in [1.29, 1.82) is 0 Å². The molecule has 5 nitrogen and oxygen atoms in total. The highest BCUT2D eigenvalue weighted by Crippen LogP contribution is 2.23. The van der Waals surface area contributed by atoms with E-state index in [0.29, 0.717) is 16.3 Å². The maximum absolute atomic E-state index is 12.0. The fourth-order valence-electron chi connectivity index (χ4n) is 1.39. The second kappa shape index (κ2) is 5.46. The molecule has 1 amide bonds. The minimum Gasteiger partial charge on any atom is -0.496 e. The van der Waals surface area contributed by atoms with Gasteiger partial charge in [0.25, 0.3) is 5.91 Å². The van der Waals surface area contributed by atoms with Crippen molar-refractivity contribution in [1.82, 2.24) is 9.97 Å². The molecule has 92 valence electrons. The van der Waals surface area contributed by atoms with E-state index in [2.05, 4.69) is 15.3 Å². The zero-order valence-corrected chi connectivity index (χ0v) is 10.3. The molecule has 0 unspecified atom stereocenters. The molecule has 1 N–H and O–H groups in total. The first-order valence-corrected chi connectivity index (χ1v) is 5.50. The van der Waals surface area contributed by atoms with E-state index in [4.69, 9.17) is 16.3 Å². The summed E-state index contributed by atoms with van der Waals surface area (Å²) in [6.07, 6.45) is 3.08. The molecule has 0 fully saturated rings. The maximum Gasteiger partial charge on any atom is 0.261 e. The van der Waals surface area contributed by atoms with Crippen LogP contribution < -0.4 is 10.1 Å². The lowest BCUT2D eigenvalue weighted by Gasteiger charge is -2.08. The van der Waals surface area contributed by atoms with Gasteiger partial charge < -0.3 is 4.74 Å². The highest BCUT2D eigenvalue weighted by molar-refractivity contribution is 6.31. The SMILES string of the molecule is COc1ccc(Cl)cc1C(=O)Nc1ncccn1. The molecule has 0 bridgehead atoms. The largest absolute Gasteiger partial charge is 0.496 e. The smallest absolute Gasteiger partial charge is 0.261 e. The van der Waals surface area contributed by atoms with Crippen molar-refractivity contribution in [2.75, 3.05) is 12.4 Å². The minimum atomic E-state index is -0.374. The average Bonchev–Trinajstić information content (AvgIpc) is 2.40. The van der Waals surface area contributed by atoms with E-state index in [1.807, 2.05) is 0 Å². The lowest BCUT2D eigenvalue weighted by molar-refractivity contribution is 0.102. The number of nitrogens with one attached hydrogen (secondary N) is 1. The quantitative estimate of drug-likeness (QED) is 0.923. The lowest BCUT2D eigenvalue weighted by atomic mass is 10.2. The number of methoxy groups -OCH3 is 1. The molecule has 18 heavy (non-hydrogen) atoms. The van der Waals surface area contributed by atoms with E-state index in [-0.39, 0.29) is 11.9 Å². The van der Waals surface area contributed by atoms with E-state index in [9.17, 15) is 4.79 Å². The van der Waals surface area contributed by atoms with E-state index in [1.165, 1.54) is 25.6 Å². The Balaban J connectivity index is 2.26. The predicted octanol–water partition coefficient (Wildman–Crippen LogP) is 2.39. The van der Waals surface area contributed by atoms with Gasteiger partial charge in [0.1, 0.15) is 5.75 Å². The highest BCUT2D eigenvalue weighted by Gasteiger charge is 2.13. The molecule has 1 aromatic carbocycles.